The summed E-state index contributed by atoms with van der Waals surface area (Å²) in [5.41, 5.74) is 7.18. The Bertz CT molecular complexity index is 612. The summed E-state index contributed by atoms with van der Waals surface area (Å²) in [4.78, 5) is 12.2. The second-order valence-electron chi connectivity index (χ2n) is 4.99. The Morgan fingerprint density at radius 2 is 2.24 bits per heavy atom. The minimum atomic E-state index is -0.556. The monoisotopic (exact) mass is 306 g/mol. The normalized spacial score (nSPS) is 13.7. The first-order valence-corrected chi connectivity index (χ1v) is 7.27. The van der Waals surface area contributed by atoms with E-state index < -0.39 is 6.04 Å². The molecule has 2 unspecified atom stereocenters. The highest BCUT2D eigenvalue weighted by molar-refractivity contribution is 6.33. The predicted octanol–water partition coefficient (Wildman–Crippen LogP) is 2.84. The van der Waals surface area contributed by atoms with Gasteiger partial charge in [-0.15, -0.1) is 0 Å². The van der Waals surface area contributed by atoms with E-state index in [0.717, 1.165) is 6.42 Å². The van der Waals surface area contributed by atoms with Crippen molar-refractivity contribution in [3.05, 3.63) is 41.7 Å². The molecule has 1 heterocycles. The molecule has 1 amide bonds. The summed E-state index contributed by atoms with van der Waals surface area (Å²) >= 11 is 6.23. The van der Waals surface area contributed by atoms with Crippen molar-refractivity contribution >= 4 is 23.2 Å². The molecule has 0 aliphatic heterocycles. The number of carbonyl (C=O) groups excluding carboxylic acids is 1. The molecule has 0 aliphatic rings. The zero-order valence-electron chi connectivity index (χ0n) is 12.1. The number of hydrogen-bond donors (Lipinski definition) is 2. The molecule has 1 aromatic carbocycles. The summed E-state index contributed by atoms with van der Waals surface area (Å²) in [6.45, 7) is 3.96. The predicted molar refractivity (Wildman–Crippen MR) is 84.6 cm³/mol. The molecule has 0 fully saturated rings. The van der Waals surface area contributed by atoms with Gasteiger partial charge in [0, 0.05) is 12.4 Å². The van der Waals surface area contributed by atoms with Gasteiger partial charge in [0.15, 0.2) is 0 Å². The van der Waals surface area contributed by atoms with Crippen molar-refractivity contribution in [3.63, 3.8) is 0 Å². The van der Waals surface area contributed by atoms with Gasteiger partial charge < -0.3 is 11.1 Å². The van der Waals surface area contributed by atoms with Gasteiger partial charge in [-0.3, -0.25) is 4.79 Å². The van der Waals surface area contributed by atoms with Gasteiger partial charge in [0.2, 0.25) is 5.91 Å². The SMILES string of the molecule is CCC(C)C(N)C(=O)Nc1cccc(Cl)c1-n1cccn1. The summed E-state index contributed by atoms with van der Waals surface area (Å²) in [6.07, 6.45) is 4.27. The van der Waals surface area contributed by atoms with Crippen LogP contribution in [0.2, 0.25) is 5.02 Å². The molecular weight excluding hydrogens is 288 g/mol. The Morgan fingerprint density at radius 1 is 1.48 bits per heavy atom. The molecule has 0 radical (unpaired) electrons. The molecule has 3 N–H and O–H groups in total. The highest BCUT2D eigenvalue weighted by atomic mass is 35.5. The average Bonchev–Trinajstić information content (AvgIpc) is 2.99. The number of halogens is 1. The van der Waals surface area contributed by atoms with E-state index >= 15 is 0 Å². The first-order chi connectivity index (χ1) is 10.0. The molecule has 0 saturated carbocycles. The van der Waals surface area contributed by atoms with E-state index in [1.807, 2.05) is 13.8 Å². The molecule has 0 saturated heterocycles. The lowest BCUT2D eigenvalue weighted by atomic mass is 9.99. The van der Waals surface area contributed by atoms with Gasteiger partial charge in [-0.1, -0.05) is 37.9 Å². The average molecular weight is 307 g/mol. The largest absolute Gasteiger partial charge is 0.323 e. The number of nitrogens with two attached hydrogens (primary N) is 1. The zero-order valence-corrected chi connectivity index (χ0v) is 12.8. The highest BCUT2D eigenvalue weighted by Crippen LogP contribution is 2.28. The molecule has 2 atom stereocenters. The van der Waals surface area contributed by atoms with Crippen molar-refractivity contribution in [3.8, 4) is 5.69 Å². The summed E-state index contributed by atoms with van der Waals surface area (Å²) in [7, 11) is 0. The minimum Gasteiger partial charge on any atom is -0.323 e. The number of nitrogens with one attached hydrogen (secondary N) is 1. The van der Waals surface area contributed by atoms with Gasteiger partial charge in [-0.05, 0) is 24.1 Å². The van der Waals surface area contributed by atoms with Crippen LogP contribution in [-0.4, -0.2) is 21.7 Å². The Balaban J connectivity index is 2.29. The van der Waals surface area contributed by atoms with E-state index in [9.17, 15) is 4.79 Å². The molecule has 0 bridgehead atoms. The van der Waals surface area contributed by atoms with Crippen LogP contribution >= 0.6 is 11.6 Å². The van der Waals surface area contributed by atoms with Gasteiger partial charge in [0.25, 0.3) is 0 Å². The van der Waals surface area contributed by atoms with Gasteiger partial charge in [0.1, 0.15) is 5.69 Å². The van der Waals surface area contributed by atoms with Crippen LogP contribution in [0.15, 0.2) is 36.7 Å². The molecule has 2 rings (SSSR count). The van der Waals surface area contributed by atoms with Crippen molar-refractivity contribution in [1.29, 1.82) is 0 Å². The van der Waals surface area contributed by atoms with Crippen LogP contribution in [0.1, 0.15) is 20.3 Å². The van der Waals surface area contributed by atoms with Crippen LogP contribution in [0.5, 0.6) is 0 Å². The first kappa shape index (κ1) is 15.5. The number of rotatable bonds is 5. The lowest BCUT2D eigenvalue weighted by Gasteiger charge is -2.19. The molecule has 2 aromatic rings. The molecule has 0 aliphatic carbocycles. The Morgan fingerprint density at radius 3 is 2.86 bits per heavy atom. The van der Waals surface area contributed by atoms with Gasteiger partial charge in [0.05, 0.1) is 16.8 Å². The number of para-hydroxylation sites is 1. The number of aromatic nitrogens is 2. The Hall–Kier alpha value is -1.85. The van der Waals surface area contributed by atoms with Gasteiger partial charge in [-0.25, -0.2) is 4.68 Å². The van der Waals surface area contributed by atoms with Crippen molar-refractivity contribution in [2.24, 2.45) is 11.7 Å². The van der Waals surface area contributed by atoms with Crippen molar-refractivity contribution in [1.82, 2.24) is 9.78 Å². The van der Waals surface area contributed by atoms with E-state index in [1.54, 1.807) is 41.3 Å². The third kappa shape index (κ3) is 3.43. The molecule has 5 nitrogen and oxygen atoms in total. The van der Waals surface area contributed by atoms with Crippen LogP contribution in [0.3, 0.4) is 0 Å². The quantitative estimate of drug-likeness (QED) is 0.892. The summed E-state index contributed by atoms with van der Waals surface area (Å²) in [5, 5.41) is 7.51. The molecule has 6 heteroatoms. The molecule has 112 valence electrons. The second kappa shape index (κ2) is 6.74. The van der Waals surface area contributed by atoms with Crippen LogP contribution in [0.25, 0.3) is 5.69 Å². The van der Waals surface area contributed by atoms with Gasteiger partial charge in [-0.2, -0.15) is 5.10 Å². The van der Waals surface area contributed by atoms with Crippen molar-refractivity contribution in [2.75, 3.05) is 5.32 Å². The first-order valence-electron chi connectivity index (χ1n) is 6.89. The fraction of sp³-hybridized carbons (Fsp3) is 0.333. The molecule has 21 heavy (non-hydrogen) atoms. The molecular formula is C15H19ClN4O. The number of nitrogens with zero attached hydrogens (tertiary/aromatic N) is 2. The van der Waals surface area contributed by atoms with Crippen LogP contribution in [0, 0.1) is 5.92 Å². The maximum Gasteiger partial charge on any atom is 0.241 e. The number of hydrogen-bond acceptors (Lipinski definition) is 3. The number of anilines is 1. The van der Waals surface area contributed by atoms with E-state index in [2.05, 4.69) is 10.4 Å². The minimum absolute atomic E-state index is 0.109. The summed E-state index contributed by atoms with van der Waals surface area (Å²) < 4.78 is 1.62. The van der Waals surface area contributed by atoms with E-state index in [0.29, 0.717) is 16.4 Å². The third-order valence-electron chi connectivity index (χ3n) is 3.54. The molecule has 1 aromatic heterocycles. The topological polar surface area (TPSA) is 72.9 Å². The smallest absolute Gasteiger partial charge is 0.241 e. The second-order valence-corrected chi connectivity index (χ2v) is 5.39. The summed E-state index contributed by atoms with van der Waals surface area (Å²) in [5.74, 6) is -0.114. The lowest BCUT2D eigenvalue weighted by molar-refractivity contribution is -0.118. The lowest BCUT2D eigenvalue weighted by Crippen LogP contribution is -2.40. The highest BCUT2D eigenvalue weighted by Gasteiger charge is 2.21. The van der Waals surface area contributed by atoms with E-state index in [1.165, 1.54) is 0 Å². The van der Waals surface area contributed by atoms with Crippen LogP contribution < -0.4 is 11.1 Å². The van der Waals surface area contributed by atoms with E-state index in [4.69, 9.17) is 17.3 Å². The zero-order chi connectivity index (χ0) is 15.4. The standard InChI is InChI=1S/C15H19ClN4O/c1-3-10(2)13(17)15(21)19-12-7-4-6-11(16)14(12)20-9-5-8-18-20/h4-10,13H,3,17H2,1-2H3,(H,19,21). The Kier molecular flexibility index (Phi) is 4.98. The van der Waals surface area contributed by atoms with Crippen molar-refractivity contribution in [2.45, 2.75) is 26.3 Å². The van der Waals surface area contributed by atoms with Crippen LogP contribution in [0.4, 0.5) is 5.69 Å². The maximum absolute atomic E-state index is 12.2. The van der Waals surface area contributed by atoms with Crippen molar-refractivity contribution < 1.29 is 4.79 Å². The fourth-order valence-electron chi connectivity index (χ4n) is 1.98. The number of benzene rings is 1. The fourth-order valence-corrected chi connectivity index (χ4v) is 2.24. The van der Waals surface area contributed by atoms with E-state index in [-0.39, 0.29) is 11.8 Å². The number of carbonyl (C=O) groups is 1. The van der Waals surface area contributed by atoms with Crippen LogP contribution in [-0.2, 0) is 4.79 Å². The maximum atomic E-state index is 12.2. The molecule has 0 spiro atoms. The Labute approximate surface area is 129 Å². The van der Waals surface area contributed by atoms with Gasteiger partial charge >= 0.3 is 0 Å². The third-order valence-corrected chi connectivity index (χ3v) is 3.84. The number of amides is 1. The summed E-state index contributed by atoms with van der Waals surface area (Å²) in [6, 6.07) is 6.55.